The van der Waals surface area contributed by atoms with E-state index in [0.717, 1.165) is 29.0 Å². The number of amides is 1. The van der Waals surface area contributed by atoms with Crippen molar-refractivity contribution in [3.8, 4) is 0 Å². The fourth-order valence-electron chi connectivity index (χ4n) is 2.57. The van der Waals surface area contributed by atoms with E-state index in [1.165, 1.54) is 0 Å². The van der Waals surface area contributed by atoms with E-state index in [1.807, 2.05) is 26.0 Å². The molecule has 6 nitrogen and oxygen atoms in total. The van der Waals surface area contributed by atoms with E-state index in [9.17, 15) is 4.79 Å². The van der Waals surface area contributed by atoms with Gasteiger partial charge in [-0.1, -0.05) is 15.9 Å². The Kier molecular flexibility index (Phi) is 5.11. The minimum Gasteiger partial charge on any atom is -0.378 e. The van der Waals surface area contributed by atoms with Crippen LogP contribution in [0.2, 0.25) is 0 Å². The number of aromatic nitrogens is 2. The van der Waals surface area contributed by atoms with Crippen LogP contribution in [0.4, 0.5) is 11.6 Å². The zero-order valence-electron chi connectivity index (χ0n) is 13.7. The first-order chi connectivity index (χ1) is 11.5. The van der Waals surface area contributed by atoms with Gasteiger partial charge in [0.2, 0.25) is 5.95 Å². The van der Waals surface area contributed by atoms with Gasteiger partial charge >= 0.3 is 0 Å². The van der Waals surface area contributed by atoms with Crippen LogP contribution in [-0.4, -0.2) is 42.2 Å². The Morgan fingerprint density at radius 2 is 1.71 bits per heavy atom. The van der Waals surface area contributed by atoms with Crippen LogP contribution in [0, 0.1) is 13.8 Å². The lowest BCUT2D eigenvalue weighted by Crippen LogP contribution is -2.37. The maximum absolute atomic E-state index is 12.4. The molecule has 0 radical (unpaired) electrons. The van der Waals surface area contributed by atoms with Gasteiger partial charge in [0.05, 0.1) is 30.3 Å². The van der Waals surface area contributed by atoms with E-state index in [4.69, 9.17) is 4.74 Å². The maximum atomic E-state index is 12.4. The van der Waals surface area contributed by atoms with E-state index in [-0.39, 0.29) is 5.91 Å². The summed E-state index contributed by atoms with van der Waals surface area (Å²) in [5.41, 5.74) is 2.78. The summed E-state index contributed by atoms with van der Waals surface area (Å²) in [5, 5.41) is 2.92. The third-order valence-electron chi connectivity index (χ3n) is 3.90. The van der Waals surface area contributed by atoms with E-state index >= 15 is 0 Å². The summed E-state index contributed by atoms with van der Waals surface area (Å²) >= 11 is 3.37. The lowest BCUT2D eigenvalue weighted by atomic mass is 10.2. The molecule has 0 spiro atoms. The molecule has 1 fully saturated rings. The van der Waals surface area contributed by atoms with Crippen LogP contribution in [-0.2, 0) is 4.74 Å². The number of benzene rings is 1. The number of rotatable bonds is 3. The predicted molar refractivity (Wildman–Crippen MR) is 96.6 cm³/mol. The van der Waals surface area contributed by atoms with Gasteiger partial charge in [0.15, 0.2) is 0 Å². The van der Waals surface area contributed by atoms with Gasteiger partial charge in [-0.3, -0.25) is 4.79 Å². The summed E-state index contributed by atoms with van der Waals surface area (Å²) in [5.74, 6) is 0.520. The number of carbonyl (C=O) groups excluding carboxylic acids is 1. The largest absolute Gasteiger partial charge is 0.378 e. The predicted octanol–water partition coefficient (Wildman–Crippen LogP) is 2.94. The molecule has 2 heterocycles. The van der Waals surface area contributed by atoms with E-state index < -0.39 is 0 Å². The van der Waals surface area contributed by atoms with Crippen molar-refractivity contribution in [3.63, 3.8) is 0 Å². The number of hydrogen-bond acceptors (Lipinski definition) is 5. The van der Waals surface area contributed by atoms with Gasteiger partial charge in [-0.15, -0.1) is 0 Å². The number of nitrogens with zero attached hydrogens (tertiary/aromatic N) is 3. The van der Waals surface area contributed by atoms with Crippen molar-refractivity contribution in [1.82, 2.24) is 9.97 Å². The Balaban J connectivity index is 1.80. The second-order valence-electron chi connectivity index (χ2n) is 5.63. The molecule has 0 aliphatic carbocycles. The summed E-state index contributed by atoms with van der Waals surface area (Å²) in [6, 6.07) is 7.22. The van der Waals surface area contributed by atoms with Crippen molar-refractivity contribution in [3.05, 3.63) is 45.7 Å². The number of aryl methyl sites for hydroxylation is 2. The molecular formula is C17H19BrN4O2. The molecule has 1 saturated heterocycles. The molecule has 3 rings (SSSR count). The second-order valence-corrected chi connectivity index (χ2v) is 6.55. The molecule has 0 atom stereocenters. The third kappa shape index (κ3) is 3.73. The maximum Gasteiger partial charge on any atom is 0.255 e. The molecule has 1 aromatic carbocycles. The fraction of sp³-hybridized carbons (Fsp3) is 0.353. The van der Waals surface area contributed by atoms with Gasteiger partial charge in [-0.2, -0.15) is 0 Å². The van der Waals surface area contributed by atoms with Crippen LogP contribution in [0.5, 0.6) is 0 Å². The third-order valence-corrected chi connectivity index (χ3v) is 4.43. The number of morpholine rings is 1. The summed E-state index contributed by atoms with van der Waals surface area (Å²) in [4.78, 5) is 23.6. The van der Waals surface area contributed by atoms with E-state index in [1.54, 1.807) is 12.1 Å². The van der Waals surface area contributed by atoms with Gasteiger partial charge in [0, 0.05) is 23.1 Å². The van der Waals surface area contributed by atoms with Crippen molar-refractivity contribution in [2.75, 3.05) is 36.5 Å². The van der Waals surface area contributed by atoms with Crippen LogP contribution >= 0.6 is 15.9 Å². The van der Waals surface area contributed by atoms with Crippen LogP contribution in [0.15, 0.2) is 28.7 Å². The van der Waals surface area contributed by atoms with Crippen molar-refractivity contribution in [2.45, 2.75) is 13.8 Å². The normalized spacial score (nSPS) is 14.5. The first kappa shape index (κ1) is 16.9. The summed E-state index contributed by atoms with van der Waals surface area (Å²) < 4.78 is 6.29. The van der Waals surface area contributed by atoms with Crippen LogP contribution in [0.25, 0.3) is 0 Å². The summed E-state index contributed by atoms with van der Waals surface area (Å²) in [7, 11) is 0. The number of carbonyl (C=O) groups is 1. The number of hydrogen-bond donors (Lipinski definition) is 1. The van der Waals surface area contributed by atoms with Crippen molar-refractivity contribution < 1.29 is 9.53 Å². The van der Waals surface area contributed by atoms with Gasteiger partial charge in [0.1, 0.15) is 0 Å². The molecule has 126 valence electrons. The highest BCUT2D eigenvalue weighted by Gasteiger charge is 2.18. The van der Waals surface area contributed by atoms with Gasteiger partial charge in [0.25, 0.3) is 5.91 Å². The number of ether oxygens (including phenoxy) is 1. The minimum atomic E-state index is -0.170. The first-order valence-electron chi connectivity index (χ1n) is 7.79. The highest BCUT2D eigenvalue weighted by atomic mass is 79.9. The average Bonchev–Trinajstić information content (AvgIpc) is 2.59. The molecule has 1 amide bonds. The summed E-state index contributed by atoms with van der Waals surface area (Å²) in [6.45, 7) is 6.70. The fourth-order valence-corrected chi connectivity index (χ4v) is 2.84. The molecular weight excluding hydrogens is 372 g/mol. The topological polar surface area (TPSA) is 67.3 Å². The minimum absolute atomic E-state index is 0.170. The van der Waals surface area contributed by atoms with Crippen LogP contribution in [0.1, 0.15) is 21.7 Å². The Bertz CT molecular complexity index is 720. The molecule has 1 N–H and O–H groups in total. The first-order valence-corrected chi connectivity index (χ1v) is 8.59. The van der Waals surface area contributed by atoms with E-state index in [2.05, 4.69) is 36.1 Å². The Hall–Kier alpha value is -1.99. The number of anilines is 2. The Morgan fingerprint density at radius 1 is 1.12 bits per heavy atom. The summed E-state index contributed by atoms with van der Waals surface area (Å²) in [6.07, 6.45) is 0. The highest BCUT2D eigenvalue weighted by Crippen LogP contribution is 2.22. The zero-order chi connectivity index (χ0) is 17.1. The molecule has 0 unspecified atom stereocenters. The molecule has 7 heteroatoms. The number of nitrogens with one attached hydrogen (secondary N) is 1. The smallest absolute Gasteiger partial charge is 0.255 e. The standard InChI is InChI=1S/C17H19BrN4O2/c1-11-15(21-16(23)13-3-5-14(18)6-4-13)12(2)20-17(19-11)22-7-9-24-10-8-22/h3-6H,7-10H2,1-2H3,(H,21,23). The zero-order valence-corrected chi connectivity index (χ0v) is 15.3. The SMILES string of the molecule is Cc1nc(N2CCOCC2)nc(C)c1NC(=O)c1ccc(Br)cc1. The van der Waals surface area contributed by atoms with Gasteiger partial charge in [-0.05, 0) is 38.1 Å². The van der Waals surface area contributed by atoms with Crippen molar-refractivity contribution in [1.29, 1.82) is 0 Å². The quantitative estimate of drug-likeness (QED) is 0.872. The second kappa shape index (κ2) is 7.27. The number of halogens is 1. The monoisotopic (exact) mass is 390 g/mol. The average molecular weight is 391 g/mol. The van der Waals surface area contributed by atoms with Crippen LogP contribution < -0.4 is 10.2 Å². The van der Waals surface area contributed by atoms with Crippen LogP contribution in [0.3, 0.4) is 0 Å². The molecule has 0 bridgehead atoms. The Labute approximate surface area is 149 Å². The molecule has 2 aromatic rings. The van der Waals surface area contributed by atoms with Gasteiger partial charge < -0.3 is 15.0 Å². The molecule has 1 aromatic heterocycles. The van der Waals surface area contributed by atoms with Crippen molar-refractivity contribution >= 4 is 33.5 Å². The molecule has 24 heavy (non-hydrogen) atoms. The van der Waals surface area contributed by atoms with Crippen molar-refractivity contribution in [2.24, 2.45) is 0 Å². The molecule has 1 aliphatic heterocycles. The van der Waals surface area contributed by atoms with Gasteiger partial charge in [-0.25, -0.2) is 9.97 Å². The highest BCUT2D eigenvalue weighted by molar-refractivity contribution is 9.10. The Morgan fingerprint density at radius 3 is 2.29 bits per heavy atom. The molecule has 0 saturated carbocycles. The lowest BCUT2D eigenvalue weighted by Gasteiger charge is -2.27. The molecule has 1 aliphatic rings. The lowest BCUT2D eigenvalue weighted by molar-refractivity contribution is 0.102. The van der Waals surface area contributed by atoms with E-state index in [0.29, 0.717) is 30.4 Å².